The van der Waals surface area contributed by atoms with Gasteiger partial charge in [-0.25, -0.2) is 17.8 Å². The molecule has 134 valence electrons. The molecule has 0 N–H and O–H groups in total. The molecule has 1 aliphatic heterocycles. The van der Waals surface area contributed by atoms with Crippen LogP contribution in [0.3, 0.4) is 0 Å². The van der Waals surface area contributed by atoms with E-state index in [1.807, 2.05) is 18.2 Å². The molecule has 0 bridgehead atoms. The molecule has 7 heteroatoms. The van der Waals surface area contributed by atoms with Crippen molar-refractivity contribution >= 4 is 26.5 Å². The molecule has 1 aromatic heterocycles. The maximum atomic E-state index is 13.1. The van der Waals surface area contributed by atoms with Gasteiger partial charge in [0.2, 0.25) is 5.89 Å². The highest BCUT2D eigenvalue weighted by Crippen LogP contribution is 2.42. The minimum absolute atomic E-state index is 0.0165. The van der Waals surface area contributed by atoms with Gasteiger partial charge in [0.15, 0.2) is 5.76 Å². The van der Waals surface area contributed by atoms with Gasteiger partial charge in [-0.05, 0) is 41.8 Å². The average Bonchev–Trinajstić information content (AvgIpc) is 3.21. The maximum Gasteiger partial charge on any atom is 0.265 e. The molecule has 0 radical (unpaired) electrons. The molecule has 0 saturated carbocycles. The lowest BCUT2D eigenvalue weighted by molar-refractivity contribution is 0.506. The van der Waals surface area contributed by atoms with E-state index < -0.39 is 10.0 Å². The van der Waals surface area contributed by atoms with Gasteiger partial charge in [0.1, 0.15) is 12.4 Å². The van der Waals surface area contributed by atoms with Crippen molar-refractivity contribution in [1.82, 2.24) is 4.98 Å². The molecule has 0 aliphatic carbocycles. The fourth-order valence-electron chi connectivity index (χ4n) is 3.38. The van der Waals surface area contributed by atoms with Gasteiger partial charge in [-0.15, -0.1) is 0 Å². The fourth-order valence-corrected chi connectivity index (χ4v) is 5.04. The van der Waals surface area contributed by atoms with Crippen molar-refractivity contribution in [2.75, 3.05) is 4.31 Å². The second kappa shape index (κ2) is 5.65. The monoisotopic (exact) mass is 380 g/mol. The van der Waals surface area contributed by atoms with E-state index in [2.05, 4.69) is 4.98 Å². The second-order valence-corrected chi connectivity index (χ2v) is 8.10. The minimum Gasteiger partial charge on any atom is -0.439 e. The molecule has 0 saturated heterocycles. The lowest BCUT2D eigenvalue weighted by Crippen LogP contribution is -2.26. The number of aromatic nitrogens is 1. The number of benzene rings is 3. The molecule has 0 spiro atoms. The quantitative estimate of drug-likeness (QED) is 0.530. The summed E-state index contributed by atoms with van der Waals surface area (Å²) >= 11 is 0. The smallest absolute Gasteiger partial charge is 0.265 e. The molecule has 0 unspecified atom stereocenters. The fraction of sp³-hybridized carbons (Fsp3) is 0.0500. The van der Waals surface area contributed by atoms with Crippen molar-refractivity contribution in [3.63, 3.8) is 0 Å². The molecule has 5 rings (SSSR count). The van der Waals surface area contributed by atoms with E-state index in [-0.39, 0.29) is 18.3 Å². The van der Waals surface area contributed by atoms with E-state index >= 15 is 0 Å². The third-order valence-electron chi connectivity index (χ3n) is 4.64. The van der Waals surface area contributed by atoms with Crippen LogP contribution in [0.15, 0.2) is 76.2 Å². The summed E-state index contributed by atoms with van der Waals surface area (Å²) in [6.45, 7) is -0.0165. The summed E-state index contributed by atoms with van der Waals surface area (Å²) in [6.07, 6.45) is 1.51. The topological polar surface area (TPSA) is 63.4 Å². The number of oxazole rings is 1. The van der Waals surface area contributed by atoms with Crippen LogP contribution in [0.1, 0.15) is 5.89 Å². The van der Waals surface area contributed by atoms with E-state index in [1.165, 1.54) is 22.6 Å². The van der Waals surface area contributed by atoms with Crippen molar-refractivity contribution in [2.45, 2.75) is 11.4 Å². The van der Waals surface area contributed by atoms with Crippen LogP contribution < -0.4 is 4.31 Å². The van der Waals surface area contributed by atoms with Gasteiger partial charge >= 0.3 is 0 Å². The molecule has 0 amide bonds. The summed E-state index contributed by atoms with van der Waals surface area (Å²) in [4.78, 5) is 4.50. The molecule has 4 aromatic rings. The zero-order valence-electron chi connectivity index (χ0n) is 14.0. The van der Waals surface area contributed by atoms with Crippen LogP contribution >= 0.6 is 0 Å². The SMILES string of the molecule is O=S1(=O)c2cccc3cccc(c23)N1Cc1ncc(-c2ccc(F)cc2)o1. The van der Waals surface area contributed by atoms with Crippen LogP contribution in [-0.4, -0.2) is 13.4 Å². The van der Waals surface area contributed by atoms with Gasteiger partial charge in [-0.2, -0.15) is 0 Å². The van der Waals surface area contributed by atoms with Gasteiger partial charge in [-0.3, -0.25) is 4.31 Å². The number of hydrogen-bond donors (Lipinski definition) is 0. The molecule has 1 aliphatic rings. The van der Waals surface area contributed by atoms with E-state index in [9.17, 15) is 12.8 Å². The Balaban J connectivity index is 1.54. The predicted octanol–water partition coefficient (Wildman–Crippen LogP) is 4.34. The number of sulfonamides is 1. The number of anilines is 1. The first-order chi connectivity index (χ1) is 13.0. The van der Waals surface area contributed by atoms with Crippen LogP contribution in [0.2, 0.25) is 0 Å². The Kier molecular flexibility index (Phi) is 3.35. The van der Waals surface area contributed by atoms with Crippen molar-refractivity contribution in [3.05, 3.63) is 78.6 Å². The number of rotatable bonds is 3. The van der Waals surface area contributed by atoms with Crippen LogP contribution in [0.5, 0.6) is 0 Å². The maximum absolute atomic E-state index is 13.1. The van der Waals surface area contributed by atoms with Crippen molar-refractivity contribution in [2.24, 2.45) is 0 Å². The first-order valence-corrected chi connectivity index (χ1v) is 9.73. The molecule has 5 nitrogen and oxygen atoms in total. The van der Waals surface area contributed by atoms with Crippen LogP contribution in [-0.2, 0) is 16.6 Å². The Morgan fingerprint density at radius 2 is 1.74 bits per heavy atom. The molecular weight excluding hydrogens is 367 g/mol. The third kappa shape index (κ3) is 2.43. The standard InChI is InChI=1S/C20H13FN2O3S/c21-15-9-7-13(8-10-15)17-11-22-19(26-17)12-23-16-5-1-3-14-4-2-6-18(20(14)16)27(23,24)25/h1-11H,12H2. The van der Waals surface area contributed by atoms with Crippen LogP contribution in [0.25, 0.3) is 22.1 Å². The van der Waals surface area contributed by atoms with Gasteiger partial charge in [0.05, 0.1) is 16.8 Å². The molecular formula is C20H13FN2O3S. The van der Waals surface area contributed by atoms with Gasteiger partial charge < -0.3 is 4.42 Å². The Morgan fingerprint density at radius 1 is 1.00 bits per heavy atom. The Hall–Kier alpha value is -3.19. The third-order valence-corrected chi connectivity index (χ3v) is 6.44. The Labute approximate surface area is 154 Å². The number of nitrogens with zero attached hydrogens (tertiary/aromatic N) is 2. The average molecular weight is 380 g/mol. The molecule has 2 heterocycles. The summed E-state index contributed by atoms with van der Waals surface area (Å²) in [5.74, 6) is 0.382. The highest BCUT2D eigenvalue weighted by atomic mass is 32.2. The summed E-state index contributed by atoms with van der Waals surface area (Å²) in [5.41, 5.74) is 1.29. The van der Waals surface area contributed by atoms with E-state index in [1.54, 1.807) is 30.3 Å². The van der Waals surface area contributed by atoms with Crippen molar-refractivity contribution in [1.29, 1.82) is 0 Å². The van der Waals surface area contributed by atoms with E-state index in [0.29, 0.717) is 27.3 Å². The zero-order chi connectivity index (χ0) is 18.6. The highest BCUT2D eigenvalue weighted by molar-refractivity contribution is 7.93. The van der Waals surface area contributed by atoms with E-state index in [0.717, 1.165) is 5.39 Å². The highest BCUT2D eigenvalue weighted by Gasteiger charge is 2.36. The largest absolute Gasteiger partial charge is 0.439 e. The normalized spacial score (nSPS) is 14.8. The summed E-state index contributed by atoms with van der Waals surface area (Å²) in [6, 6.07) is 16.6. The number of halogens is 1. The minimum atomic E-state index is -3.67. The first kappa shape index (κ1) is 16.0. The molecule has 3 aromatic carbocycles. The van der Waals surface area contributed by atoms with Crippen LogP contribution in [0, 0.1) is 5.82 Å². The van der Waals surface area contributed by atoms with Gasteiger partial charge in [0, 0.05) is 10.9 Å². The van der Waals surface area contributed by atoms with Crippen molar-refractivity contribution in [3.8, 4) is 11.3 Å². The van der Waals surface area contributed by atoms with E-state index in [4.69, 9.17) is 4.42 Å². The molecule has 0 atom stereocenters. The summed E-state index contributed by atoms with van der Waals surface area (Å²) < 4.78 is 46.1. The second-order valence-electron chi connectivity index (χ2n) is 6.27. The molecule has 27 heavy (non-hydrogen) atoms. The zero-order valence-corrected chi connectivity index (χ0v) is 14.8. The first-order valence-electron chi connectivity index (χ1n) is 8.29. The lowest BCUT2D eigenvalue weighted by Gasteiger charge is -2.16. The lowest BCUT2D eigenvalue weighted by atomic mass is 10.1. The number of hydrogen-bond acceptors (Lipinski definition) is 4. The Morgan fingerprint density at radius 3 is 2.52 bits per heavy atom. The van der Waals surface area contributed by atoms with Gasteiger partial charge in [0.25, 0.3) is 10.0 Å². The molecule has 0 fully saturated rings. The van der Waals surface area contributed by atoms with Crippen LogP contribution in [0.4, 0.5) is 10.1 Å². The predicted molar refractivity (Wildman–Crippen MR) is 99.2 cm³/mol. The van der Waals surface area contributed by atoms with Gasteiger partial charge in [-0.1, -0.05) is 24.3 Å². The summed E-state index contributed by atoms with van der Waals surface area (Å²) in [5, 5.41) is 1.58. The van der Waals surface area contributed by atoms with Crippen molar-refractivity contribution < 1.29 is 17.2 Å². The summed E-state index contributed by atoms with van der Waals surface area (Å²) in [7, 11) is -3.67. The Bertz CT molecular complexity index is 1280.